The summed E-state index contributed by atoms with van der Waals surface area (Å²) in [7, 11) is 0. The van der Waals surface area contributed by atoms with Crippen LogP contribution in [-0.2, 0) is 5.41 Å². The van der Waals surface area contributed by atoms with Crippen LogP contribution in [0, 0.1) is 11.3 Å². The average molecular weight is 628 g/mol. The fourth-order valence-electron chi connectivity index (χ4n) is 7.94. The van der Waals surface area contributed by atoms with Crippen molar-refractivity contribution in [2.24, 2.45) is 0 Å². The number of benzene rings is 7. The van der Waals surface area contributed by atoms with Crippen LogP contribution in [0.2, 0.25) is 0 Å². The zero-order valence-corrected chi connectivity index (χ0v) is 27.4. The minimum Gasteiger partial charge on any atom is -0.310 e. The van der Waals surface area contributed by atoms with Gasteiger partial charge in [0.1, 0.15) is 0 Å². The van der Waals surface area contributed by atoms with E-state index < -0.39 is 0 Å². The van der Waals surface area contributed by atoms with Crippen LogP contribution in [0.25, 0.3) is 49.7 Å². The van der Waals surface area contributed by atoms with Gasteiger partial charge in [-0.3, -0.25) is 0 Å². The molecule has 232 valence electrons. The summed E-state index contributed by atoms with van der Waals surface area (Å²) < 4.78 is 2.40. The molecule has 7 aromatic carbocycles. The van der Waals surface area contributed by atoms with Gasteiger partial charge in [-0.1, -0.05) is 129 Å². The molecule has 1 aromatic heterocycles. The minimum atomic E-state index is -0.162. The third-order valence-corrected chi connectivity index (χ3v) is 10.2. The Hall–Kier alpha value is -6.37. The van der Waals surface area contributed by atoms with E-state index in [0.717, 1.165) is 44.7 Å². The van der Waals surface area contributed by atoms with Crippen LogP contribution in [0.5, 0.6) is 0 Å². The first-order valence-corrected chi connectivity index (χ1v) is 16.8. The highest BCUT2D eigenvalue weighted by molar-refractivity contribution is 6.09. The van der Waals surface area contributed by atoms with E-state index >= 15 is 0 Å². The van der Waals surface area contributed by atoms with E-state index in [1.165, 1.54) is 33.3 Å². The van der Waals surface area contributed by atoms with Gasteiger partial charge in [-0.05, 0) is 76.3 Å². The summed E-state index contributed by atoms with van der Waals surface area (Å²) in [6.07, 6.45) is 0. The summed E-state index contributed by atoms with van der Waals surface area (Å²) in [6, 6.07) is 60.7. The molecule has 0 aliphatic carbocycles. The van der Waals surface area contributed by atoms with E-state index in [1.807, 2.05) is 24.3 Å². The molecule has 1 aliphatic rings. The number of hydrogen-bond acceptors (Lipinski definition) is 2. The number of para-hydroxylation sites is 4. The van der Waals surface area contributed by atoms with Crippen LogP contribution in [0.15, 0.2) is 164 Å². The Morgan fingerprint density at radius 2 is 0.980 bits per heavy atom. The maximum Gasteiger partial charge on any atom is 0.0998 e. The van der Waals surface area contributed by atoms with Crippen molar-refractivity contribution in [3.8, 4) is 34.0 Å². The van der Waals surface area contributed by atoms with E-state index in [0.29, 0.717) is 5.56 Å². The first kappa shape index (κ1) is 28.8. The highest BCUT2D eigenvalue weighted by Gasteiger charge is 2.36. The van der Waals surface area contributed by atoms with Crippen LogP contribution in [-0.4, -0.2) is 4.57 Å². The second-order valence-corrected chi connectivity index (χ2v) is 13.3. The van der Waals surface area contributed by atoms with Gasteiger partial charge >= 0.3 is 0 Å². The largest absolute Gasteiger partial charge is 0.310 e. The third kappa shape index (κ3) is 4.42. The molecule has 0 fully saturated rings. The Balaban J connectivity index is 1.38. The van der Waals surface area contributed by atoms with Crippen molar-refractivity contribution >= 4 is 38.9 Å². The summed E-state index contributed by atoms with van der Waals surface area (Å²) in [5.41, 5.74) is 14.0. The molecule has 0 atom stereocenters. The van der Waals surface area contributed by atoms with Crippen molar-refractivity contribution in [1.82, 2.24) is 4.57 Å². The van der Waals surface area contributed by atoms with E-state index in [1.54, 1.807) is 0 Å². The lowest BCUT2D eigenvalue weighted by Gasteiger charge is -2.42. The molecule has 0 saturated heterocycles. The summed E-state index contributed by atoms with van der Waals surface area (Å²) in [6.45, 7) is 4.65. The van der Waals surface area contributed by atoms with Crippen molar-refractivity contribution in [3.63, 3.8) is 0 Å². The molecule has 0 amide bonds. The molecule has 0 N–H and O–H groups in total. The normalized spacial score (nSPS) is 13.2. The van der Waals surface area contributed by atoms with E-state index in [-0.39, 0.29) is 5.41 Å². The molecule has 3 heteroatoms. The highest BCUT2D eigenvalue weighted by atomic mass is 15.2. The Kier molecular flexibility index (Phi) is 6.54. The van der Waals surface area contributed by atoms with Gasteiger partial charge in [0.2, 0.25) is 0 Å². The molecular weight excluding hydrogens is 595 g/mol. The van der Waals surface area contributed by atoms with Gasteiger partial charge in [0, 0.05) is 33.1 Å². The molecule has 3 nitrogen and oxygen atoms in total. The topological polar surface area (TPSA) is 32.0 Å². The smallest absolute Gasteiger partial charge is 0.0998 e. The second-order valence-electron chi connectivity index (χ2n) is 13.3. The second kappa shape index (κ2) is 11.1. The van der Waals surface area contributed by atoms with Gasteiger partial charge < -0.3 is 9.47 Å². The average Bonchev–Trinajstić information content (AvgIpc) is 3.49. The molecule has 9 rings (SSSR count). The van der Waals surface area contributed by atoms with Crippen molar-refractivity contribution in [2.45, 2.75) is 19.3 Å². The number of anilines is 3. The third-order valence-electron chi connectivity index (χ3n) is 10.2. The van der Waals surface area contributed by atoms with Gasteiger partial charge in [-0.15, -0.1) is 0 Å². The summed E-state index contributed by atoms with van der Waals surface area (Å²) >= 11 is 0. The molecule has 0 radical (unpaired) electrons. The number of rotatable bonds is 4. The predicted octanol–water partition coefficient (Wildman–Crippen LogP) is 12.1. The Morgan fingerprint density at radius 1 is 0.490 bits per heavy atom. The SMILES string of the molecule is CC1(C)c2ccccc2N(c2cc(-c3ccccc3-c3ccccc3C#N)cc(-n3c4ccccc4c4ccccc43)c2)c2ccccc21. The van der Waals surface area contributed by atoms with Crippen LogP contribution in [0.4, 0.5) is 17.1 Å². The molecule has 2 heterocycles. The zero-order valence-electron chi connectivity index (χ0n) is 27.4. The van der Waals surface area contributed by atoms with Crippen molar-refractivity contribution < 1.29 is 0 Å². The molecule has 0 bridgehead atoms. The number of aromatic nitrogens is 1. The van der Waals surface area contributed by atoms with Gasteiger partial charge in [0.25, 0.3) is 0 Å². The summed E-state index contributed by atoms with van der Waals surface area (Å²) in [5.74, 6) is 0. The standard InChI is InChI=1S/C46H33N3/c1-46(2)40-21-9-13-25-44(40)49(45-26-14-10-22-41(45)46)34-28-32(36-17-5-6-18-37(36)35-16-4-3-15-31(35)30-47)27-33(29-34)48-42-23-11-7-19-38(42)39-20-8-12-24-43(39)48/h3-29H,1-2H3. The minimum absolute atomic E-state index is 0.162. The van der Waals surface area contributed by atoms with Crippen LogP contribution >= 0.6 is 0 Å². The van der Waals surface area contributed by atoms with Gasteiger partial charge in [-0.25, -0.2) is 0 Å². The van der Waals surface area contributed by atoms with Crippen molar-refractivity contribution in [2.75, 3.05) is 4.90 Å². The maximum atomic E-state index is 10.1. The van der Waals surface area contributed by atoms with Crippen molar-refractivity contribution in [1.29, 1.82) is 5.26 Å². The highest BCUT2D eigenvalue weighted by Crippen LogP contribution is 2.52. The van der Waals surface area contributed by atoms with E-state index in [4.69, 9.17) is 0 Å². The lowest BCUT2D eigenvalue weighted by molar-refractivity contribution is 0.632. The van der Waals surface area contributed by atoms with Crippen LogP contribution < -0.4 is 4.90 Å². The van der Waals surface area contributed by atoms with Gasteiger partial charge in [0.05, 0.1) is 34.0 Å². The number of nitrogens with zero attached hydrogens (tertiary/aromatic N) is 3. The molecule has 0 spiro atoms. The van der Waals surface area contributed by atoms with Gasteiger partial charge in [-0.2, -0.15) is 5.26 Å². The van der Waals surface area contributed by atoms with Crippen LogP contribution in [0.3, 0.4) is 0 Å². The Bertz CT molecular complexity index is 2510. The predicted molar refractivity (Wildman–Crippen MR) is 203 cm³/mol. The number of hydrogen-bond donors (Lipinski definition) is 0. The van der Waals surface area contributed by atoms with Crippen molar-refractivity contribution in [3.05, 3.63) is 180 Å². The Labute approximate surface area is 286 Å². The molecule has 1 aliphatic heterocycles. The monoisotopic (exact) mass is 627 g/mol. The molecule has 8 aromatic rings. The summed E-state index contributed by atoms with van der Waals surface area (Å²) in [4.78, 5) is 2.43. The zero-order chi connectivity index (χ0) is 33.1. The quantitative estimate of drug-likeness (QED) is 0.194. The first-order chi connectivity index (χ1) is 24.0. The number of fused-ring (bicyclic) bond motifs is 5. The molecule has 49 heavy (non-hydrogen) atoms. The van der Waals surface area contributed by atoms with E-state index in [2.05, 4.69) is 169 Å². The fraction of sp³-hybridized carbons (Fsp3) is 0.0652. The first-order valence-electron chi connectivity index (χ1n) is 16.8. The van der Waals surface area contributed by atoms with Crippen LogP contribution in [0.1, 0.15) is 30.5 Å². The lowest BCUT2D eigenvalue weighted by atomic mass is 9.73. The maximum absolute atomic E-state index is 10.1. The fourth-order valence-corrected chi connectivity index (χ4v) is 7.94. The molecular formula is C46H33N3. The summed E-state index contributed by atoms with van der Waals surface area (Å²) in [5, 5.41) is 12.5. The number of nitriles is 1. The van der Waals surface area contributed by atoms with E-state index in [9.17, 15) is 5.26 Å². The molecule has 0 unspecified atom stereocenters. The molecule has 0 saturated carbocycles. The lowest BCUT2D eigenvalue weighted by Crippen LogP contribution is -2.30. The Morgan fingerprint density at radius 3 is 1.61 bits per heavy atom. The van der Waals surface area contributed by atoms with Gasteiger partial charge in [0.15, 0.2) is 0 Å².